The summed E-state index contributed by atoms with van der Waals surface area (Å²) in [5.41, 5.74) is 3.25. The zero-order valence-electron chi connectivity index (χ0n) is 12.9. The molecule has 0 spiro atoms. The van der Waals surface area contributed by atoms with Crippen LogP contribution in [0.1, 0.15) is 18.5 Å². The van der Waals surface area contributed by atoms with Crippen molar-refractivity contribution >= 4 is 28.7 Å². The van der Waals surface area contributed by atoms with Gasteiger partial charge in [-0.1, -0.05) is 6.07 Å². The highest BCUT2D eigenvalue weighted by Gasteiger charge is 2.16. The molecule has 0 unspecified atom stereocenters. The Morgan fingerprint density at radius 2 is 2.17 bits per heavy atom. The molecular formula is C16H18N6S. The molecule has 0 bridgehead atoms. The van der Waals surface area contributed by atoms with Gasteiger partial charge in [0, 0.05) is 29.7 Å². The van der Waals surface area contributed by atoms with E-state index in [0.717, 1.165) is 41.7 Å². The molecule has 7 heteroatoms. The molecule has 0 atom stereocenters. The van der Waals surface area contributed by atoms with E-state index < -0.39 is 0 Å². The summed E-state index contributed by atoms with van der Waals surface area (Å²) in [6, 6.07) is 6.19. The molecule has 3 aromatic heterocycles. The van der Waals surface area contributed by atoms with Gasteiger partial charge in [-0.05, 0) is 31.2 Å². The van der Waals surface area contributed by atoms with Gasteiger partial charge in [0.1, 0.15) is 0 Å². The van der Waals surface area contributed by atoms with Crippen LogP contribution in [-0.4, -0.2) is 33.5 Å². The maximum atomic E-state index is 4.38. The second-order valence-electron chi connectivity index (χ2n) is 5.67. The third-order valence-electron chi connectivity index (χ3n) is 4.07. The van der Waals surface area contributed by atoms with E-state index in [-0.39, 0.29) is 0 Å². The summed E-state index contributed by atoms with van der Waals surface area (Å²) in [4.78, 5) is 3.53. The number of nitrogens with one attached hydrogen (secondary N) is 2. The van der Waals surface area contributed by atoms with Crippen LogP contribution in [0.25, 0.3) is 10.4 Å². The molecule has 0 radical (unpaired) electrons. The van der Waals surface area contributed by atoms with E-state index in [2.05, 4.69) is 42.1 Å². The van der Waals surface area contributed by atoms with Crippen molar-refractivity contribution in [2.75, 3.05) is 23.3 Å². The third kappa shape index (κ3) is 2.79. The molecule has 1 aliphatic heterocycles. The Kier molecular flexibility index (Phi) is 3.70. The van der Waals surface area contributed by atoms with Crippen molar-refractivity contribution in [3.63, 3.8) is 0 Å². The molecule has 4 heterocycles. The van der Waals surface area contributed by atoms with Crippen LogP contribution in [0.15, 0.2) is 29.8 Å². The predicted octanol–water partition coefficient (Wildman–Crippen LogP) is 3.58. The van der Waals surface area contributed by atoms with Crippen LogP contribution in [0.2, 0.25) is 0 Å². The van der Waals surface area contributed by atoms with Crippen LogP contribution < -0.4 is 10.2 Å². The highest BCUT2D eigenvalue weighted by molar-refractivity contribution is 7.13. The minimum absolute atomic E-state index is 0.721. The Bertz CT molecular complexity index is 789. The number of aromatic amines is 1. The first-order valence-electron chi connectivity index (χ1n) is 7.75. The van der Waals surface area contributed by atoms with Crippen LogP contribution in [0.4, 0.5) is 17.3 Å². The summed E-state index contributed by atoms with van der Waals surface area (Å²) >= 11 is 1.70. The smallest absolute Gasteiger partial charge is 0.162 e. The van der Waals surface area contributed by atoms with Gasteiger partial charge in [0.05, 0.1) is 17.4 Å². The number of aryl methyl sites for hydroxylation is 1. The summed E-state index contributed by atoms with van der Waals surface area (Å²) < 4.78 is 0. The van der Waals surface area contributed by atoms with Crippen LogP contribution in [0, 0.1) is 6.92 Å². The number of hydrogen-bond acceptors (Lipinski definition) is 6. The number of rotatable bonds is 4. The predicted molar refractivity (Wildman–Crippen MR) is 93.4 cm³/mol. The lowest BCUT2D eigenvalue weighted by Gasteiger charge is -2.17. The van der Waals surface area contributed by atoms with Crippen molar-refractivity contribution in [2.24, 2.45) is 0 Å². The Labute approximate surface area is 138 Å². The van der Waals surface area contributed by atoms with Gasteiger partial charge in [-0.25, -0.2) is 0 Å². The van der Waals surface area contributed by atoms with Gasteiger partial charge in [-0.15, -0.1) is 16.4 Å². The molecule has 1 saturated heterocycles. The fraction of sp³-hybridized carbons (Fsp3) is 0.312. The van der Waals surface area contributed by atoms with Crippen molar-refractivity contribution in [3.8, 4) is 10.4 Å². The van der Waals surface area contributed by atoms with E-state index in [1.807, 2.05) is 25.3 Å². The molecule has 0 amide bonds. The lowest BCUT2D eigenvalue weighted by Crippen LogP contribution is -2.18. The van der Waals surface area contributed by atoms with E-state index >= 15 is 0 Å². The number of thiophene rings is 1. The summed E-state index contributed by atoms with van der Waals surface area (Å²) in [5, 5.41) is 21.1. The van der Waals surface area contributed by atoms with Crippen LogP contribution in [-0.2, 0) is 0 Å². The molecule has 0 aliphatic carbocycles. The Morgan fingerprint density at radius 1 is 1.30 bits per heavy atom. The highest BCUT2D eigenvalue weighted by atomic mass is 32.1. The topological polar surface area (TPSA) is 69.7 Å². The quantitative estimate of drug-likeness (QED) is 0.767. The Balaban J connectivity index is 1.63. The van der Waals surface area contributed by atoms with E-state index in [0.29, 0.717) is 0 Å². The summed E-state index contributed by atoms with van der Waals surface area (Å²) in [6.07, 6.45) is 4.31. The molecule has 1 aliphatic rings. The Morgan fingerprint density at radius 3 is 2.96 bits per heavy atom. The Hall–Kier alpha value is -2.41. The molecule has 1 fully saturated rings. The van der Waals surface area contributed by atoms with E-state index in [1.165, 1.54) is 17.7 Å². The number of nitrogens with zero attached hydrogens (tertiary/aromatic N) is 4. The first kappa shape index (κ1) is 14.2. The molecule has 0 aromatic carbocycles. The molecular weight excluding hydrogens is 308 g/mol. The van der Waals surface area contributed by atoms with Crippen LogP contribution in [0.3, 0.4) is 0 Å². The largest absolute Gasteiger partial charge is 0.370 e. The fourth-order valence-electron chi connectivity index (χ4n) is 2.93. The van der Waals surface area contributed by atoms with E-state index in [1.54, 1.807) is 11.3 Å². The zero-order valence-corrected chi connectivity index (χ0v) is 13.7. The summed E-state index contributed by atoms with van der Waals surface area (Å²) in [6.45, 7) is 4.21. The molecule has 2 N–H and O–H groups in total. The first-order chi connectivity index (χ1) is 11.3. The molecule has 118 valence electrons. The molecule has 3 aromatic rings. The lowest BCUT2D eigenvalue weighted by molar-refractivity contribution is 0.938. The van der Waals surface area contributed by atoms with Gasteiger partial charge in [-0.3, -0.25) is 5.10 Å². The standard InChI is InChI=1S/C16H18N6S/c1-11-15(13-5-4-8-23-13)16(21-19-11)18-14-9-12(10-17-20-14)22-6-2-3-7-22/h4-5,8-10H,2-3,6-7H2,1H3,(H2,18,19,20,21). The van der Waals surface area contributed by atoms with Gasteiger partial charge in [0.2, 0.25) is 0 Å². The normalized spacial score (nSPS) is 14.4. The van der Waals surface area contributed by atoms with Gasteiger partial charge < -0.3 is 10.2 Å². The number of hydrogen-bond donors (Lipinski definition) is 2. The van der Waals surface area contributed by atoms with Crippen molar-refractivity contribution in [2.45, 2.75) is 19.8 Å². The average molecular weight is 326 g/mol. The maximum absolute atomic E-state index is 4.38. The monoisotopic (exact) mass is 326 g/mol. The third-order valence-corrected chi connectivity index (χ3v) is 4.96. The summed E-state index contributed by atoms with van der Waals surface area (Å²) in [5.74, 6) is 1.51. The van der Waals surface area contributed by atoms with Crippen molar-refractivity contribution in [1.82, 2.24) is 20.4 Å². The fourth-order valence-corrected chi connectivity index (χ4v) is 3.76. The SMILES string of the molecule is Cc1[nH]nc(Nc2cc(N3CCCC3)cnn2)c1-c1cccs1. The van der Waals surface area contributed by atoms with Crippen molar-refractivity contribution < 1.29 is 0 Å². The number of anilines is 3. The van der Waals surface area contributed by atoms with Crippen LogP contribution >= 0.6 is 11.3 Å². The minimum Gasteiger partial charge on any atom is -0.370 e. The van der Waals surface area contributed by atoms with E-state index in [4.69, 9.17) is 0 Å². The molecule has 6 nitrogen and oxygen atoms in total. The molecule has 23 heavy (non-hydrogen) atoms. The van der Waals surface area contributed by atoms with Crippen LogP contribution in [0.5, 0.6) is 0 Å². The number of aromatic nitrogens is 4. The summed E-state index contributed by atoms with van der Waals surface area (Å²) in [7, 11) is 0. The second-order valence-corrected chi connectivity index (χ2v) is 6.62. The zero-order chi connectivity index (χ0) is 15.6. The second kappa shape index (κ2) is 6.00. The maximum Gasteiger partial charge on any atom is 0.162 e. The van der Waals surface area contributed by atoms with Crippen molar-refractivity contribution in [3.05, 3.63) is 35.5 Å². The first-order valence-corrected chi connectivity index (χ1v) is 8.63. The van der Waals surface area contributed by atoms with E-state index in [9.17, 15) is 0 Å². The molecule has 4 rings (SSSR count). The average Bonchev–Trinajstić information content (AvgIpc) is 3.29. The lowest BCUT2D eigenvalue weighted by atomic mass is 10.2. The van der Waals surface area contributed by atoms with Gasteiger partial charge in [0.15, 0.2) is 11.6 Å². The van der Waals surface area contributed by atoms with Gasteiger partial charge >= 0.3 is 0 Å². The number of H-pyrrole nitrogens is 1. The van der Waals surface area contributed by atoms with Gasteiger partial charge in [0.25, 0.3) is 0 Å². The van der Waals surface area contributed by atoms with Gasteiger partial charge in [-0.2, -0.15) is 10.2 Å². The molecule has 0 saturated carbocycles. The minimum atomic E-state index is 0.721. The van der Waals surface area contributed by atoms with Crippen molar-refractivity contribution in [1.29, 1.82) is 0 Å². The highest BCUT2D eigenvalue weighted by Crippen LogP contribution is 2.34.